The van der Waals surface area contributed by atoms with E-state index in [2.05, 4.69) is 0 Å². The van der Waals surface area contributed by atoms with E-state index in [9.17, 15) is 9.90 Å². The summed E-state index contributed by atoms with van der Waals surface area (Å²) in [5.74, 6) is 0.760. The van der Waals surface area contributed by atoms with Gasteiger partial charge in [-0.1, -0.05) is 48.5 Å². The molecule has 0 saturated heterocycles. The molecule has 118 valence electrons. The highest BCUT2D eigenvalue weighted by atomic mass is 16.5. The van der Waals surface area contributed by atoms with Crippen molar-refractivity contribution < 1.29 is 19.4 Å². The topological polar surface area (TPSA) is 55.8 Å². The van der Waals surface area contributed by atoms with E-state index in [0.717, 1.165) is 11.3 Å². The third kappa shape index (κ3) is 5.68. The van der Waals surface area contributed by atoms with Gasteiger partial charge in [0.1, 0.15) is 12.4 Å². The van der Waals surface area contributed by atoms with Crippen LogP contribution in [0.5, 0.6) is 5.75 Å². The molecule has 22 heavy (non-hydrogen) atoms. The zero-order valence-corrected chi connectivity index (χ0v) is 13.2. The van der Waals surface area contributed by atoms with Crippen LogP contribution in [0.25, 0.3) is 0 Å². The second kappa shape index (κ2) is 9.71. The van der Waals surface area contributed by atoms with Crippen molar-refractivity contribution in [1.29, 1.82) is 0 Å². The minimum atomic E-state index is -0.467. The van der Waals surface area contributed by atoms with Crippen molar-refractivity contribution in [3.63, 3.8) is 0 Å². The summed E-state index contributed by atoms with van der Waals surface area (Å²) in [7, 11) is 3.11. The van der Waals surface area contributed by atoms with Crippen LogP contribution in [0.2, 0.25) is 0 Å². The van der Waals surface area contributed by atoms with Gasteiger partial charge in [0.05, 0.1) is 13.2 Å². The Balaban J connectivity index is 0.000000220. The molecule has 2 aromatic rings. The van der Waals surface area contributed by atoms with Gasteiger partial charge in [-0.05, 0) is 13.0 Å². The van der Waals surface area contributed by atoms with E-state index in [1.54, 1.807) is 26.2 Å². The third-order valence-corrected chi connectivity index (χ3v) is 2.96. The fourth-order valence-electron chi connectivity index (χ4n) is 1.85. The Morgan fingerprint density at radius 2 is 1.64 bits per heavy atom. The summed E-state index contributed by atoms with van der Waals surface area (Å²) >= 11 is 0. The first-order valence-electron chi connectivity index (χ1n) is 6.98. The van der Waals surface area contributed by atoms with Crippen LogP contribution in [0, 0.1) is 0 Å². The van der Waals surface area contributed by atoms with Crippen molar-refractivity contribution in [3.8, 4) is 5.75 Å². The molecule has 1 N–H and O–H groups in total. The summed E-state index contributed by atoms with van der Waals surface area (Å²) in [6.45, 7) is 1.88. The highest BCUT2D eigenvalue weighted by Crippen LogP contribution is 2.23. The van der Waals surface area contributed by atoms with Gasteiger partial charge in [0.25, 0.3) is 0 Å². The first kappa shape index (κ1) is 17.9. The fourth-order valence-corrected chi connectivity index (χ4v) is 1.85. The third-order valence-electron chi connectivity index (χ3n) is 2.96. The summed E-state index contributed by atoms with van der Waals surface area (Å²) in [6.07, 6.45) is -0.467. The Morgan fingerprint density at radius 1 is 1.05 bits per heavy atom. The molecule has 4 heteroatoms. The van der Waals surface area contributed by atoms with Gasteiger partial charge in [-0.25, -0.2) is 0 Å². The van der Waals surface area contributed by atoms with Crippen LogP contribution in [-0.2, 0) is 4.74 Å². The standard InChI is InChI=1S/C9H12O2.C9H10O2/c1-7(10)8-5-3-4-6-9(8)11-2;1-11-7-9(10)8-5-3-2-4-6-8/h3-7,10H,1-2H3;2-6H,7H2,1H3. The van der Waals surface area contributed by atoms with Crippen LogP contribution in [0.15, 0.2) is 54.6 Å². The monoisotopic (exact) mass is 302 g/mol. The van der Waals surface area contributed by atoms with Crippen molar-refractivity contribution >= 4 is 5.78 Å². The summed E-state index contributed by atoms with van der Waals surface area (Å²) in [5.41, 5.74) is 1.53. The number of hydrogen-bond acceptors (Lipinski definition) is 4. The first-order valence-corrected chi connectivity index (χ1v) is 6.98. The summed E-state index contributed by atoms with van der Waals surface area (Å²) in [5, 5.41) is 9.26. The molecule has 0 radical (unpaired) electrons. The van der Waals surface area contributed by atoms with Crippen molar-refractivity contribution in [2.24, 2.45) is 0 Å². The molecule has 0 spiro atoms. The number of Topliss-reactive ketones (excluding diaryl/α,β-unsaturated/α-hetero) is 1. The van der Waals surface area contributed by atoms with Gasteiger partial charge in [-0.2, -0.15) is 0 Å². The Morgan fingerprint density at radius 3 is 2.14 bits per heavy atom. The van der Waals surface area contributed by atoms with Crippen molar-refractivity contribution in [2.75, 3.05) is 20.8 Å². The number of ether oxygens (including phenoxy) is 2. The number of carbonyl (C=O) groups is 1. The summed E-state index contributed by atoms with van der Waals surface area (Å²) in [4.78, 5) is 11.1. The summed E-state index contributed by atoms with van der Waals surface area (Å²) < 4.78 is 9.76. The van der Waals surface area contributed by atoms with E-state index in [0.29, 0.717) is 5.56 Å². The molecule has 0 bridgehead atoms. The molecule has 0 saturated carbocycles. The van der Waals surface area contributed by atoms with E-state index in [-0.39, 0.29) is 12.4 Å². The molecule has 0 aliphatic heterocycles. The van der Waals surface area contributed by atoms with E-state index >= 15 is 0 Å². The summed E-state index contributed by atoms with van der Waals surface area (Å²) in [6, 6.07) is 16.6. The molecule has 0 aliphatic carbocycles. The molecule has 0 aromatic heterocycles. The van der Waals surface area contributed by atoms with E-state index in [1.165, 1.54) is 7.11 Å². The SMILES string of the molecule is COCC(=O)c1ccccc1.COc1ccccc1C(C)O. The molecular formula is C18H22O4. The number of carbonyl (C=O) groups excluding carboxylic acids is 1. The number of hydrogen-bond donors (Lipinski definition) is 1. The lowest BCUT2D eigenvalue weighted by molar-refractivity contribution is 0.0848. The maximum Gasteiger partial charge on any atom is 0.188 e. The minimum Gasteiger partial charge on any atom is -0.496 e. The normalized spacial score (nSPS) is 11.1. The maximum atomic E-state index is 11.1. The lowest BCUT2D eigenvalue weighted by Gasteiger charge is -2.09. The molecule has 4 nitrogen and oxygen atoms in total. The number of aliphatic hydroxyl groups is 1. The average Bonchev–Trinajstić information content (AvgIpc) is 2.56. The van der Waals surface area contributed by atoms with Gasteiger partial charge >= 0.3 is 0 Å². The van der Waals surface area contributed by atoms with Gasteiger partial charge in [-0.15, -0.1) is 0 Å². The zero-order valence-electron chi connectivity index (χ0n) is 13.2. The Kier molecular flexibility index (Phi) is 7.89. The van der Waals surface area contributed by atoms with Crippen LogP contribution < -0.4 is 4.74 Å². The van der Waals surface area contributed by atoms with Gasteiger partial charge in [0.15, 0.2) is 5.78 Å². The number of benzene rings is 2. The predicted octanol–water partition coefficient (Wildman–Crippen LogP) is 3.26. The number of rotatable bonds is 5. The molecule has 1 atom stereocenters. The van der Waals surface area contributed by atoms with Crippen LogP contribution in [0.3, 0.4) is 0 Å². The highest BCUT2D eigenvalue weighted by Gasteiger charge is 2.05. The molecule has 0 heterocycles. The predicted molar refractivity (Wildman–Crippen MR) is 86.3 cm³/mol. The Labute approximate surface area is 131 Å². The molecule has 2 aromatic carbocycles. The molecule has 0 amide bonds. The number of ketones is 1. The number of methoxy groups -OCH3 is 2. The van der Waals surface area contributed by atoms with Crippen molar-refractivity contribution in [3.05, 3.63) is 65.7 Å². The van der Waals surface area contributed by atoms with E-state index in [4.69, 9.17) is 9.47 Å². The van der Waals surface area contributed by atoms with Crippen LogP contribution >= 0.6 is 0 Å². The quantitative estimate of drug-likeness (QED) is 0.861. The lowest BCUT2D eigenvalue weighted by Crippen LogP contribution is -2.06. The number of para-hydroxylation sites is 1. The average molecular weight is 302 g/mol. The fraction of sp³-hybridized carbons (Fsp3) is 0.278. The minimum absolute atomic E-state index is 0.0214. The van der Waals surface area contributed by atoms with Crippen molar-refractivity contribution in [1.82, 2.24) is 0 Å². The molecule has 0 fully saturated rings. The highest BCUT2D eigenvalue weighted by molar-refractivity contribution is 5.96. The van der Waals surface area contributed by atoms with Crippen LogP contribution in [-0.4, -0.2) is 31.7 Å². The largest absolute Gasteiger partial charge is 0.496 e. The molecular weight excluding hydrogens is 280 g/mol. The van der Waals surface area contributed by atoms with Gasteiger partial charge in [0.2, 0.25) is 0 Å². The van der Waals surface area contributed by atoms with Gasteiger partial charge in [0, 0.05) is 18.2 Å². The van der Waals surface area contributed by atoms with Crippen LogP contribution in [0.4, 0.5) is 0 Å². The van der Waals surface area contributed by atoms with Crippen LogP contribution in [0.1, 0.15) is 28.9 Å². The molecule has 2 rings (SSSR count). The Hall–Kier alpha value is -2.17. The van der Waals surface area contributed by atoms with Gasteiger partial charge < -0.3 is 14.6 Å². The van der Waals surface area contributed by atoms with Gasteiger partial charge in [-0.3, -0.25) is 4.79 Å². The smallest absolute Gasteiger partial charge is 0.188 e. The lowest BCUT2D eigenvalue weighted by atomic mass is 10.1. The van der Waals surface area contributed by atoms with Crippen molar-refractivity contribution in [2.45, 2.75) is 13.0 Å². The Bertz CT molecular complexity index is 564. The van der Waals surface area contributed by atoms with E-state index in [1.807, 2.05) is 42.5 Å². The first-order chi connectivity index (χ1) is 10.6. The molecule has 1 unspecified atom stereocenters. The zero-order chi connectivity index (χ0) is 16.4. The maximum absolute atomic E-state index is 11.1. The molecule has 0 aliphatic rings. The van der Waals surface area contributed by atoms with E-state index < -0.39 is 6.10 Å². The second-order valence-corrected chi connectivity index (χ2v) is 4.64. The second-order valence-electron chi connectivity index (χ2n) is 4.64. The number of aliphatic hydroxyl groups excluding tert-OH is 1.